The molecule has 2 rings (SSSR count). The van der Waals surface area contributed by atoms with Gasteiger partial charge in [-0.3, -0.25) is 9.59 Å². The molecule has 0 aromatic carbocycles. The number of piperidine rings is 1. The van der Waals surface area contributed by atoms with E-state index in [1.165, 1.54) is 22.9 Å². The number of pyridine rings is 1. The van der Waals surface area contributed by atoms with E-state index >= 15 is 0 Å². The fraction of sp³-hybridized carbons (Fsp3) is 0.571. The number of nitrogens with one attached hydrogen (secondary N) is 1. The number of carbonyl (C=O) groups is 1. The van der Waals surface area contributed by atoms with Crippen molar-refractivity contribution >= 4 is 11.6 Å². The zero-order chi connectivity index (χ0) is 14.7. The fourth-order valence-electron chi connectivity index (χ4n) is 2.65. The van der Waals surface area contributed by atoms with E-state index in [0.717, 1.165) is 19.5 Å². The summed E-state index contributed by atoms with van der Waals surface area (Å²) in [5.41, 5.74) is 5.89. The minimum atomic E-state index is -0.217. The Labute approximate surface area is 118 Å². The molecule has 110 valence electrons. The van der Waals surface area contributed by atoms with E-state index in [0.29, 0.717) is 11.6 Å². The molecule has 1 amide bonds. The van der Waals surface area contributed by atoms with Gasteiger partial charge in [-0.1, -0.05) is 6.92 Å². The van der Waals surface area contributed by atoms with Crippen molar-refractivity contribution in [2.75, 3.05) is 25.9 Å². The summed E-state index contributed by atoms with van der Waals surface area (Å²) in [5.74, 6) is 0.273. The van der Waals surface area contributed by atoms with E-state index < -0.39 is 0 Å². The number of hydrogen-bond donors (Lipinski definition) is 2. The molecule has 3 N–H and O–H groups in total. The van der Waals surface area contributed by atoms with Gasteiger partial charge in [-0.25, -0.2) is 0 Å². The fourth-order valence-corrected chi connectivity index (χ4v) is 2.65. The molecule has 0 spiro atoms. The Kier molecular flexibility index (Phi) is 4.44. The van der Waals surface area contributed by atoms with Crippen LogP contribution in [-0.4, -0.2) is 41.6 Å². The molecule has 1 aliphatic rings. The summed E-state index contributed by atoms with van der Waals surface area (Å²) >= 11 is 0. The van der Waals surface area contributed by atoms with Gasteiger partial charge in [0.25, 0.3) is 5.56 Å². The topological polar surface area (TPSA) is 80.4 Å². The molecule has 0 radical (unpaired) electrons. The van der Waals surface area contributed by atoms with Gasteiger partial charge in [0, 0.05) is 30.5 Å². The maximum atomic E-state index is 12.0. The van der Waals surface area contributed by atoms with E-state index in [9.17, 15) is 9.59 Å². The van der Waals surface area contributed by atoms with Gasteiger partial charge in [0.05, 0.1) is 0 Å². The van der Waals surface area contributed by atoms with Crippen molar-refractivity contribution in [2.24, 2.45) is 5.92 Å². The van der Waals surface area contributed by atoms with E-state index in [-0.39, 0.29) is 24.1 Å². The first-order valence-electron chi connectivity index (χ1n) is 6.89. The third kappa shape index (κ3) is 3.60. The maximum Gasteiger partial charge on any atom is 0.251 e. The molecule has 0 saturated carbocycles. The second-order valence-corrected chi connectivity index (χ2v) is 5.63. The SMILES string of the molecule is CC1CN(C)CCC1NC(=O)Cn1cc(N)ccc1=O. The Hall–Kier alpha value is -1.82. The average Bonchev–Trinajstić information content (AvgIpc) is 2.37. The second-order valence-electron chi connectivity index (χ2n) is 5.63. The highest BCUT2D eigenvalue weighted by Gasteiger charge is 2.25. The molecule has 1 aliphatic heterocycles. The quantitative estimate of drug-likeness (QED) is 0.808. The van der Waals surface area contributed by atoms with Gasteiger partial charge in [0.15, 0.2) is 0 Å². The Bertz CT molecular complexity index is 540. The number of anilines is 1. The summed E-state index contributed by atoms with van der Waals surface area (Å²) in [6.07, 6.45) is 2.44. The number of rotatable bonds is 3. The van der Waals surface area contributed by atoms with Crippen LogP contribution < -0.4 is 16.6 Å². The van der Waals surface area contributed by atoms with Gasteiger partial charge in [0.1, 0.15) is 6.54 Å². The molecular weight excluding hydrogens is 256 g/mol. The van der Waals surface area contributed by atoms with Crippen molar-refractivity contribution in [1.29, 1.82) is 0 Å². The molecule has 1 saturated heterocycles. The van der Waals surface area contributed by atoms with Gasteiger partial charge < -0.3 is 20.5 Å². The lowest BCUT2D eigenvalue weighted by molar-refractivity contribution is -0.123. The third-order valence-electron chi connectivity index (χ3n) is 3.78. The molecule has 2 heterocycles. The Morgan fingerprint density at radius 3 is 2.95 bits per heavy atom. The van der Waals surface area contributed by atoms with Gasteiger partial charge in [-0.2, -0.15) is 0 Å². The van der Waals surface area contributed by atoms with E-state index in [1.54, 1.807) is 0 Å². The van der Waals surface area contributed by atoms with Crippen LogP contribution in [0, 0.1) is 5.92 Å². The summed E-state index contributed by atoms with van der Waals surface area (Å²) < 4.78 is 1.34. The number of likely N-dealkylation sites (tertiary alicyclic amines) is 1. The molecule has 20 heavy (non-hydrogen) atoms. The van der Waals surface area contributed by atoms with Crippen molar-refractivity contribution < 1.29 is 4.79 Å². The molecule has 0 bridgehead atoms. The van der Waals surface area contributed by atoms with Crippen LogP contribution in [0.5, 0.6) is 0 Å². The highest BCUT2D eigenvalue weighted by atomic mass is 16.2. The molecule has 1 fully saturated rings. The number of amides is 1. The summed E-state index contributed by atoms with van der Waals surface area (Å²) in [4.78, 5) is 25.9. The Morgan fingerprint density at radius 2 is 2.25 bits per heavy atom. The molecule has 6 nitrogen and oxygen atoms in total. The van der Waals surface area contributed by atoms with Crippen LogP contribution in [0.25, 0.3) is 0 Å². The number of hydrogen-bond acceptors (Lipinski definition) is 4. The van der Waals surface area contributed by atoms with Crippen molar-refractivity contribution in [3.8, 4) is 0 Å². The van der Waals surface area contributed by atoms with Crippen LogP contribution in [0.2, 0.25) is 0 Å². The van der Waals surface area contributed by atoms with E-state index in [1.807, 2.05) is 0 Å². The predicted molar refractivity (Wildman–Crippen MR) is 78.3 cm³/mol. The largest absolute Gasteiger partial charge is 0.398 e. The number of aromatic nitrogens is 1. The lowest BCUT2D eigenvalue weighted by Gasteiger charge is -2.35. The zero-order valence-electron chi connectivity index (χ0n) is 12.0. The monoisotopic (exact) mass is 278 g/mol. The molecule has 6 heteroatoms. The van der Waals surface area contributed by atoms with Crippen LogP contribution in [0.1, 0.15) is 13.3 Å². The standard InChI is InChI=1S/C14H22N4O2/c1-10-7-17(2)6-5-12(10)16-13(19)9-18-8-11(15)3-4-14(18)20/h3-4,8,10,12H,5-7,9,15H2,1-2H3,(H,16,19). The molecule has 1 aromatic heterocycles. The molecule has 2 atom stereocenters. The number of carbonyl (C=O) groups excluding carboxylic acids is 1. The number of nitrogen functional groups attached to an aromatic ring is 1. The number of nitrogens with zero attached hydrogens (tertiary/aromatic N) is 2. The molecule has 0 aliphatic carbocycles. The van der Waals surface area contributed by atoms with Crippen molar-refractivity contribution in [1.82, 2.24) is 14.8 Å². The van der Waals surface area contributed by atoms with Gasteiger partial charge in [0.2, 0.25) is 5.91 Å². The van der Waals surface area contributed by atoms with Crippen molar-refractivity contribution in [3.63, 3.8) is 0 Å². The minimum absolute atomic E-state index is 0.0168. The first-order chi connectivity index (χ1) is 9.45. The summed E-state index contributed by atoms with van der Waals surface area (Å²) in [6.45, 7) is 4.10. The third-order valence-corrected chi connectivity index (χ3v) is 3.78. The Morgan fingerprint density at radius 1 is 1.50 bits per heavy atom. The predicted octanol–water partition coefficient (Wildman–Crippen LogP) is -0.113. The average molecular weight is 278 g/mol. The minimum Gasteiger partial charge on any atom is -0.398 e. The van der Waals surface area contributed by atoms with Gasteiger partial charge >= 0.3 is 0 Å². The molecule has 2 unspecified atom stereocenters. The van der Waals surface area contributed by atoms with Crippen molar-refractivity contribution in [2.45, 2.75) is 25.9 Å². The van der Waals surface area contributed by atoms with Crippen LogP contribution in [0.4, 0.5) is 5.69 Å². The van der Waals surface area contributed by atoms with Crippen LogP contribution >= 0.6 is 0 Å². The Balaban J connectivity index is 1.95. The lowest BCUT2D eigenvalue weighted by Crippen LogP contribution is -2.49. The number of nitrogens with two attached hydrogens (primary N) is 1. The van der Waals surface area contributed by atoms with Gasteiger partial charge in [-0.05, 0) is 32.0 Å². The second kappa shape index (κ2) is 6.09. The summed E-state index contributed by atoms with van der Waals surface area (Å²) in [7, 11) is 2.08. The van der Waals surface area contributed by atoms with Crippen LogP contribution in [0.15, 0.2) is 23.1 Å². The summed E-state index contributed by atoms with van der Waals surface area (Å²) in [5, 5.41) is 3.02. The molecule has 1 aromatic rings. The maximum absolute atomic E-state index is 12.0. The van der Waals surface area contributed by atoms with Gasteiger partial charge in [-0.15, -0.1) is 0 Å². The molecular formula is C14H22N4O2. The lowest BCUT2D eigenvalue weighted by atomic mass is 9.94. The van der Waals surface area contributed by atoms with Crippen LogP contribution in [0.3, 0.4) is 0 Å². The normalized spacial score (nSPS) is 23.5. The highest BCUT2D eigenvalue weighted by Crippen LogP contribution is 2.15. The summed E-state index contributed by atoms with van der Waals surface area (Å²) in [6, 6.07) is 3.09. The first-order valence-corrected chi connectivity index (χ1v) is 6.89. The van der Waals surface area contributed by atoms with Crippen LogP contribution in [-0.2, 0) is 11.3 Å². The smallest absolute Gasteiger partial charge is 0.251 e. The van der Waals surface area contributed by atoms with E-state index in [4.69, 9.17) is 5.73 Å². The van der Waals surface area contributed by atoms with Crippen molar-refractivity contribution in [3.05, 3.63) is 28.7 Å². The first kappa shape index (κ1) is 14.6. The highest BCUT2D eigenvalue weighted by molar-refractivity contribution is 5.76. The van der Waals surface area contributed by atoms with E-state index in [2.05, 4.69) is 24.2 Å². The zero-order valence-corrected chi connectivity index (χ0v) is 12.0.